The first-order chi connectivity index (χ1) is 7.59. The number of allylic oxidation sites excluding steroid dienone is 2. The number of carbonyl (C=O) groups excluding carboxylic acids is 2. The first kappa shape index (κ1) is 12.7. The molecule has 0 unspecified atom stereocenters. The van der Waals surface area contributed by atoms with E-state index in [0.717, 1.165) is 25.7 Å². The summed E-state index contributed by atoms with van der Waals surface area (Å²) in [7, 11) is 0. The predicted octanol–water partition coefficient (Wildman–Crippen LogP) is 2.68. The summed E-state index contributed by atoms with van der Waals surface area (Å²) in [5, 5.41) is 0. The highest BCUT2D eigenvalue weighted by Crippen LogP contribution is 2.25. The van der Waals surface area contributed by atoms with Crippen molar-refractivity contribution < 1.29 is 19.1 Å². The standard InChI is InChI=1S/C12H18O4/c1-9(13)15-11-7-5-3-4-6-8-12(11)16-10(2)14/h3-8H2,1-2H3. The van der Waals surface area contributed by atoms with Crippen LogP contribution in [-0.4, -0.2) is 11.9 Å². The Morgan fingerprint density at radius 2 is 1.19 bits per heavy atom. The molecule has 0 fully saturated rings. The van der Waals surface area contributed by atoms with Gasteiger partial charge in [0, 0.05) is 26.7 Å². The summed E-state index contributed by atoms with van der Waals surface area (Å²) in [6.07, 6.45) is 5.52. The summed E-state index contributed by atoms with van der Waals surface area (Å²) in [6, 6.07) is 0. The molecule has 90 valence electrons. The Labute approximate surface area is 95.6 Å². The van der Waals surface area contributed by atoms with Crippen LogP contribution in [0.1, 0.15) is 52.4 Å². The summed E-state index contributed by atoms with van der Waals surface area (Å²) in [5.74, 6) is 0.338. The number of carbonyl (C=O) groups is 2. The third kappa shape index (κ3) is 4.47. The van der Waals surface area contributed by atoms with Crippen molar-refractivity contribution in [2.75, 3.05) is 0 Å². The fraction of sp³-hybridized carbons (Fsp3) is 0.667. The van der Waals surface area contributed by atoms with Crippen LogP contribution in [-0.2, 0) is 19.1 Å². The van der Waals surface area contributed by atoms with Crippen molar-refractivity contribution in [2.45, 2.75) is 52.4 Å². The van der Waals surface area contributed by atoms with Crippen molar-refractivity contribution in [3.63, 3.8) is 0 Å². The SMILES string of the molecule is CC(=O)OC1=C(OC(C)=O)CCCCCC1. The Morgan fingerprint density at radius 1 is 0.812 bits per heavy atom. The van der Waals surface area contributed by atoms with Crippen LogP contribution in [0.15, 0.2) is 11.5 Å². The number of ether oxygens (including phenoxy) is 2. The molecule has 0 aromatic carbocycles. The smallest absolute Gasteiger partial charge is 0.307 e. The molecule has 0 N–H and O–H groups in total. The number of hydrogen-bond donors (Lipinski definition) is 0. The number of hydrogen-bond acceptors (Lipinski definition) is 4. The van der Waals surface area contributed by atoms with E-state index >= 15 is 0 Å². The lowest BCUT2D eigenvalue weighted by Crippen LogP contribution is -2.09. The topological polar surface area (TPSA) is 52.6 Å². The highest BCUT2D eigenvalue weighted by atomic mass is 16.6. The average molecular weight is 226 g/mol. The van der Waals surface area contributed by atoms with Crippen LogP contribution < -0.4 is 0 Å². The van der Waals surface area contributed by atoms with E-state index < -0.39 is 0 Å². The zero-order valence-electron chi connectivity index (χ0n) is 9.88. The van der Waals surface area contributed by atoms with Crippen LogP contribution in [0.2, 0.25) is 0 Å². The van der Waals surface area contributed by atoms with E-state index in [2.05, 4.69) is 0 Å². The van der Waals surface area contributed by atoms with Crippen LogP contribution >= 0.6 is 0 Å². The van der Waals surface area contributed by atoms with Gasteiger partial charge in [0.05, 0.1) is 0 Å². The maximum Gasteiger partial charge on any atom is 0.307 e. The molecule has 0 spiro atoms. The minimum atomic E-state index is -0.361. The van der Waals surface area contributed by atoms with E-state index in [-0.39, 0.29) is 11.9 Å². The summed E-state index contributed by atoms with van der Waals surface area (Å²) < 4.78 is 10.2. The van der Waals surface area contributed by atoms with Crippen LogP contribution in [0.5, 0.6) is 0 Å². The summed E-state index contributed by atoms with van der Waals surface area (Å²) in [4.78, 5) is 21.9. The van der Waals surface area contributed by atoms with E-state index in [1.165, 1.54) is 13.8 Å². The van der Waals surface area contributed by atoms with Crippen molar-refractivity contribution >= 4 is 11.9 Å². The Balaban J connectivity index is 2.82. The van der Waals surface area contributed by atoms with Crippen molar-refractivity contribution in [1.82, 2.24) is 0 Å². The fourth-order valence-electron chi connectivity index (χ4n) is 1.77. The van der Waals surface area contributed by atoms with Gasteiger partial charge in [-0.15, -0.1) is 0 Å². The molecule has 4 heteroatoms. The van der Waals surface area contributed by atoms with Gasteiger partial charge in [-0.2, -0.15) is 0 Å². The maximum absolute atomic E-state index is 10.9. The number of esters is 2. The van der Waals surface area contributed by atoms with Gasteiger partial charge in [0.25, 0.3) is 0 Å². The molecule has 0 bridgehead atoms. The van der Waals surface area contributed by atoms with Gasteiger partial charge in [-0.3, -0.25) is 9.59 Å². The second kappa shape index (κ2) is 6.30. The minimum absolute atomic E-state index is 0.361. The average Bonchev–Trinajstić information content (AvgIpc) is 2.15. The second-order valence-corrected chi connectivity index (χ2v) is 3.95. The fourth-order valence-corrected chi connectivity index (χ4v) is 1.77. The largest absolute Gasteiger partial charge is 0.428 e. The van der Waals surface area contributed by atoms with E-state index in [9.17, 15) is 9.59 Å². The van der Waals surface area contributed by atoms with Crippen molar-refractivity contribution in [1.29, 1.82) is 0 Å². The van der Waals surface area contributed by atoms with E-state index in [0.29, 0.717) is 24.4 Å². The second-order valence-electron chi connectivity index (χ2n) is 3.95. The molecule has 0 aliphatic heterocycles. The van der Waals surface area contributed by atoms with Crippen LogP contribution in [0, 0.1) is 0 Å². The molecule has 4 nitrogen and oxygen atoms in total. The molecular weight excluding hydrogens is 208 g/mol. The van der Waals surface area contributed by atoms with Gasteiger partial charge >= 0.3 is 11.9 Å². The van der Waals surface area contributed by atoms with Gasteiger partial charge in [0.2, 0.25) is 0 Å². The van der Waals surface area contributed by atoms with E-state index in [1.54, 1.807) is 0 Å². The first-order valence-corrected chi connectivity index (χ1v) is 5.68. The van der Waals surface area contributed by atoms with Gasteiger partial charge in [0.1, 0.15) is 11.5 Å². The Morgan fingerprint density at radius 3 is 1.50 bits per heavy atom. The predicted molar refractivity (Wildman–Crippen MR) is 58.3 cm³/mol. The number of rotatable bonds is 2. The molecule has 1 rings (SSSR count). The van der Waals surface area contributed by atoms with Gasteiger partial charge < -0.3 is 9.47 Å². The quantitative estimate of drug-likeness (QED) is 0.679. The molecule has 16 heavy (non-hydrogen) atoms. The maximum atomic E-state index is 10.9. The van der Waals surface area contributed by atoms with Gasteiger partial charge in [0.15, 0.2) is 0 Å². The molecular formula is C12H18O4. The molecule has 1 aliphatic carbocycles. The minimum Gasteiger partial charge on any atom is -0.428 e. The molecule has 0 amide bonds. The van der Waals surface area contributed by atoms with Crippen molar-refractivity contribution in [2.24, 2.45) is 0 Å². The normalized spacial score (nSPS) is 17.4. The Hall–Kier alpha value is -1.32. The van der Waals surface area contributed by atoms with Gasteiger partial charge in [-0.25, -0.2) is 0 Å². The van der Waals surface area contributed by atoms with Crippen LogP contribution in [0.4, 0.5) is 0 Å². The van der Waals surface area contributed by atoms with Crippen molar-refractivity contribution in [3.8, 4) is 0 Å². The molecule has 0 saturated carbocycles. The van der Waals surface area contributed by atoms with E-state index in [4.69, 9.17) is 9.47 Å². The molecule has 0 aromatic heterocycles. The molecule has 0 atom stereocenters. The Bertz CT molecular complexity index is 274. The summed E-state index contributed by atoms with van der Waals surface area (Å²) in [6.45, 7) is 2.72. The van der Waals surface area contributed by atoms with Crippen LogP contribution in [0.3, 0.4) is 0 Å². The summed E-state index contributed by atoms with van der Waals surface area (Å²) >= 11 is 0. The zero-order valence-corrected chi connectivity index (χ0v) is 9.88. The molecule has 0 aromatic rings. The highest BCUT2D eigenvalue weighted by molar-refractivity contribution is 5.69. The molecule has 0 saturated heterocycles. The zero-order chi connectivity index (χ0) is 12.0. The first-order valence-electron chi connectivity index (χ1n) is 5.68. The molecule has 1 aliphatic rings. The third-order valence-electron chi connectivity index (χ3n) is 2.40. The highest BCUT2D eigenvalue weighted by Gasteiger charge is 2.16. The van der Waals surface area contributed by atoms with E-state index in [1.807, 2.05) is 0 Å². The molecule has 0 heterocycles. The summed E-state index contributed by atoms with van der Waals surface area (Å²) in [5.41, 5.74) is 0. The lowest BCUT2D eigenvalue weighted by atomic mass is 10.0. The van der Waals surface area contributed by atoms with Gasteiger partial charge in [-0.05, 0) is 12.8 Å². The third-order valence-corrected chi connectivity index (χ3v) is 2.40. The molecule has 0 radical (unpaired) electrons. The Kier molecular flexibility index (Phi) is 5.02. The lowest BCUT2D eigenvalue weighted by Gasteiger charge is -2.16. The van der Waals surface area contributed by atoms with Crippen molar-refractivity contribution in [3.05, 3.63) is 11.5 Å². The van der Waals surface area contributed by atoms with Crippen LogP contribution in [0.25, 0.3) is 0 Å². The van der Waals surface area contributed by atoms with Gasteiger partial charge in [-0.1, -0.05) is 12.8 Å². The monoisotopic (exact) mass is 226 g/mol. The lowest BCUT2D eigenvalue weighted by molar-refractivity contribution is -0.141.